The lowest BCUT2D eigenvalue weighted by Crippen LogP contribution is -2.55. The van der Waals surface area contributed by atoms with Crippen molar-refractivity contribution < 1.29 is 40.6 Å². The van der Waals surface area contributed by atoms with Gasteiger partial charge in [0.2, 0.25) is 5.89 Å². The van der Waals surface area contributed by atoms with Crippen LogP contribution in [0.2, 0.25) is 5.02 Å². The molecular formula is C40H31ClF5N3O4. The van der Waals surface area contributed by atoms with E-state index in [0.717, 1.165) is 6.07 Å². The van der Waals surface area contributed by atoms with Crippen LogP contribution >= 0.6 is 11.6 Å². The zero-order valence-corrected chi connectivity index (χ0v) is 29.0. The third kappa shape index (κ3) is 6.74. The minimum Gasteiger partial charge on any atom is -0.497 e. The molecule has 13 heteroatoms. The second kappa shape index (κ2) is 14.1. The van der Waals surface area contributed by atoms with Crippen molar-refractivity contribution in [2.24, 2.45) is 4.99 Å². The average Bonchev–Trinajstić information content (AvgIpc) is 3.60. The maximum atomic E-state index is 15.9. The predicted molar refractivity (Wildman–Crippen MR) is 190 cm³/mol. The number of nitrogens with zero attached hydrogens (tertiary/aromatic N) is 2. The van der Waals surface area contributed by atoms with Crippen LogP contribution in [0.15, 0.2) is 125 Å². The van der Waals surface area contributed by atoms with E-state index in [1.165, 1.54) is 26.4 Å². The van der Waals surface area contributed by atoms with Gasteiger partial charge in [-0.15, -0.1) is 0 Å². The number of benzene rings is 5. The van der Waals surface area contributed by atoms with Crippen molar-refractivity contribution in [1.82, 2.24) is 10.3 Å². The van der Waals surface area contributed by atoms with Crippen LogP contribution in [-0.4, -0.2) is 44.2 Å². The smallest absolute Gasteiger partial charge is 0.425 e. The Bertz CT molecular complexity index is 2220. The predicted octanol–water partition coefficient (Wildman–Crippen LogP) is 9.76. The summed E-state index contributed by atoms with van der Waals surface area (Å²) in [5.41, 5.74) is -1.68. The van der Waals surface area contributed by atoms with E-state index in [0.29, 0.717) is 44.3 Å². The van der Waals surface area contributed by atoms with Gasteiger partial charge in [-0.25, -0.2) is 18.8 Å². The van der Waals surface area contributed by atoms with Gasteiger partial charge >= 0.3 is 6.18 Å². The summed E-state index contributed by atoms with van der Waals surface area (Å²) < 4.78 is 98.1. The average molecular weight is 748 g/mol. The summed E-state index contributed by atoms with van der Waals surface area (Å²) >= 11 is 6.10. The SMILES string of the molecule is COc1ccc(C(NC2=N[C@](CF)(c3cc(-c4nc5ccc(Cl)cc5o4)ccc3F)C[C@@H](C(F)(F)F)O2)(c2ccccc2)c2ccc(OC)cc2)cc1. The van der Waals surface area contributed by atoms with Gasteiger partial charge in [0, 0.05) is 28.6 Å². The fourth-order valence-corrected chi connectivity index (χ4v) is 6.76. The molecule has 0 bridgehead atoms. The zero-order chi connectivity index (χ0) is 37.4. The number of aliphatic imine (C=N–C) groups is 1. The first-order chi connectivity index (χ1) is 25.5. The Morgan fingerprint density at radius 2 is 1.45 bits per heavy atom. The molecule has 2 atom stereocenters. The summed E-state index contributed by atoms with van der Waals surface area (Å²) in [5.74, 6) is 0.114. The highest BCUT2D eigenvalue weighted by Crippen LogP contribution is 2.45. The van der Waals surface area contributed by atoms with E-state index in [1.807, 2.05) is 0 Å². The highest BCUT2D eigenvalue weighted by atomic mass is 35.5. The molecule has 0 amide bonds. The molecule has 0 saturated heterocycles. The van der Waals surface area contributed by atoms with Crippen molar-refractivity contribution in [3.05, 3.63) is 148 Å². The first kappa shape index (κ1) is 35.8. The Kier molecular flexibility index (Phi) is 9.50. The van der Waals surface area contributed by atoms with Gasteiger partial charge in [-0.1, -0.05) is 66.2 Å². The molecule has 0 radical (unpaired) electrons. The second-order valence-electron chi connectivity index (χ2n) is 12.5. The lowest BCUT2D eigenvalue weighted by atomic mass is 9.77. The van der Waals surface area contributed by atoms with Crippen LogP contribution < -0.4 is 14.8 Å². The van der Waals surface area contributed by atoms with Gasteiger partial charge in [0.15, 0.2) is 11.7 Å². The number of ether oxygens (including phenoxy) is 3. The molecule has 1 N–H and O–H groups in total. The molecule has 7 nitrogen and oxygen atoms in total. The molecule has 1 aliphatic heterocycles. The van der Waals surface area contributed by atoms with Crippen LogP contribution in [-0.2, 0) is 15.8 Å². The number of hydrogen-bond donors (Lipinski definition) is 1. The number of hydrogen-bond acceptors (Lipinski definition) is 7. The maximum absolute atomic E-state index is 15.9. The van der Waals surface area contributed by atoms with E-state index < -0.39 is 53.9 Å². The fraction of sp³-hybridized carbons (Fsp3) is 0.200. The monoisotopic (exact) mass is 747 g/mol. The number of amidine groups is 1. The minimum absolute atomic E-state index is 0.0291. The molecule has 53 heavy (non-hydrogen) atoms. The van der Waals surface area contributed by atoms with Gasteiger partial charge in [0.1, 0.15) is 40.6 Å². The summed E-state index contributed by atoms with van der Waals surface area (Å²) in [6, 6.07) is 30.4. The third-order valence-electron chi connectivity index (χ3n) is 9.29. The van der Waals surface area contributed by atoms with Crippen molar-refractivity contribution in [3.63, 3.8) is 0 Å². The summed E-state index contributed by atoms with van der Waals surface area (Å²) in [6.45, 7) is -1.50. The number of rotatable bonds is 9. The highest BCUT2D eigenvalue weighted by Gasteiger charge is 2.53. The normalized spacial score (nSPS) is 17.6. The van der Waals surface area contributed by atoms with Crippen molar-refractivity contribution in [3.8, 4) is 23.0 Å². The zero-order valence-electron chi connectivity index (χ0n) is 28.3. The Morgan fingerprint density at radius 3 is 2.04 bits per heavy atom. The first-order valence-corrected chi connectivity index (χ1v) is 16.7. The van der Waals surface area contributed by atoms with Crippen LogP contribution in [0.25, 0.3) is 22.6 Å². The maximum Gasteiger partial charge on any atom is 0.425 e. The van der Waals surface area contributed by atoms with Crippen LogP contribution in [0.1, 0.15) is 28.7 Å². The molecule has 0 aliphatic carbocycles. The first-order valence-electron chi connectivity index (χ1n) is 16.4. The number of halogens is 6. The number of alkyl halides is 4. The van der Waals surface area contributed by atoms with Crippen molar-refractivity contribution in [2.45, 2.75) is 29.8 Å². The van der Waals surface area contributed by atoms with E-state index in [-0.39, 0.29) is 11.5 Å². The molecule has 5 aromatic carbocycles. The van der Waals surface area contributed by atoms with E-state index in [2.05, 4.69) is 15.3 Å². The quantitative estimate of drug-likeness (QED) is 0.117. The molecule has 0 fully saturated rings. The van der Waals surface area contributed by atoms with Gasteiger partial charge in [-0.3, -0.25) is 0 Å². The number of oxazole rings is 1. The van der Waals surface area contributed by atoms with Crippen molar-refractivity contribution in [1.29, 1.82) is 0 Å². The molecule has 272 valence electrons. The van der Waals surface area contributed by atoms with Gasteiger partial charge in [-0.2, -0.15) is 13.2 Å². The minimum atomic E-state index is -4.99. The summed E-state index contributed by atoms with van der Waals surface area (Å²) in [6.07, 6.45) is -8.62. The fourth-order valence-electron chi connectivity index (χ4n) is 6.60. The Hall–Kier alpha value is -5.62. The van der Waals surface area contributed by atoms with Crippen LogP contribution in [0.4, 0.5) is 22.0 Å². The van der Waals surface area contributed by atoms with Crippen LogP contribution in [0, 0.1) is 5.82 Å². The molecule has 1 aromatic heterocycles. The summed E-state index contributed by atoms with van der Waals surface area (Å²) in [4.78, 5) is 8.91. The number of aromatic nitrogens is 1. The molecule has 0 unspecified atom stereocenters. The van der Waals surface area contributed by atoms with Gasteiger partial charge < -0.3 is 23.9 Å². The molecule has 0 saturated carbocycles. The van der Waals surface area contributed by atoms with Crippen LogP contribution in [0.5, 0.6) is 11.5 Å². The molecular weight excluding hydrogens is 717 g/mol. The van der Waals surface area contributed by atoms with Gasteiger partial charge in [0.25, 0.3) is 6.02 Å². The van der Waals surface area contributed by atoms with E-state index >= 15 is 8.78 Å². The Balaban J connectivity index is 1.43. The standard InChI is InChI=1S/C40H31ClF5N3O4/c1-50-29-14-9-26(10-15-29)39(25-6-4-3-5-7-25,27-11-16-30(51-2)17-12-27)49-37-48-38(23-42,22-35(53-37)40(44,45)46)31-20-24(8-18-32(31)43)36-47-33-19-13-28(41)21-34(33)52-36/h3-21,35H,22-23H2,1-2H3,(H,48,49)/t35-,38+/m0/s1. The second-order valence-corrected chi connectivity index (χ2v) is 12.9. The van der Waals surface area contributed by atoms with Crippen molar-refractivity contribution >= 4 is 28.7 Å². The van der Waals surface area contributed by atoms with E-state index in [9.17, 15) is 13.2 Å². The summed E-state index contributed by atoms with van der Waals surface area (Å²) in [5, 5.41) is 3.55. The Morgan fingerprint density at radius 1 is 0.830 bits per heavy atom. The van der Waals surface area contributed by atoms with Gasteiger partial charge in [-0.05, 0) is 71.3 Å². The van der Waals surface area contributed by atoms with E-state index in [1.54, 1.807) is 97.1 Å². The summed E-state index contributed by atoms with van der Waals surface area (Å²) in [7, 11) is 3.02. The molecule has 6 aromatic rings. The lowest BCUT2D eigenvalue weighted by molar-refractivity contribution is -0.210. The van der Waals surface area contributed by atoms with Crippen LogP contribution in [0.3, 0.4) is 0 Å². The Labute approximate surface area is 306 Å². The third-order valence-corrected chi connectivity index (χ3v) is 9.53. The largest absolute Gasteiger partial charge is 0.497 e. The number of fused-ring (bicyclic) bond motifs is 1. The molecule has 0 spiro atoms. The lowest BCUT2D eigenvalue weighted by Gasteiger charge is -2.42. The number of nitrogens with one attached hydrogen (secondary N) is 1. The van der Waals surface area contributed by atoms with Crippen molar-refractivity contribution in [2.75, 3.05) is 20.9 Å². The topological polar surface area (TPSA) is 78.1 Å². The molecule has 7 rings (SSSR count). The van der Waals surface area contributed by atoms with Gasteiger partial charge in [0.05, 0.1) is 14.2 Å². The molecule has 1 aliphatic rings. The highest BCUT2D eigenvalue weighted by molar-refractivity contribution is 6.31. The van der Waals surface area contributed by atoms with E-state index in [4.69, 9.17) is 30.2 Å². The molecule has 2 heterocycles. The number of methoxy groups -OCH3 is 2.